The first kappa shape index (κ1) is 15.2. The summed E-state index contributed by atoms with van der Waals surface area (Å²) in [6.07, 6.45) is 5.11. The first-order chi connectivity index (χ1) is 9.56. The molecule has 0 amide bonds. The van der Waals surface area contributed by atoms with Crippen molar-refractivity contribution in [3.8, 4) is 0 Å². The maximum absolute atomic E-state index is 4.58. The van der Waals surface area contributed by atoms with Crippen LogP contribution in [0.3, 0.4) is 0 Å². The highest BCUT2D eigenvalue weighted by Crippen LogP contribution is 2.26. The predicted octanol–water partition coefficient (Wildman–Crippen LogP) is 2.70. The second kappa shape index (κ2) is 7.02. The Morgan fingerprint density at radius 3 is 2.60 bits per heavy atom. The molecule has 1 aromatic rings. The molecule has 4 nitrogen and oxygen atoms in total. The molecule has 1 atom stereocenters. The van der Waals surface area contributed by atoms with Crippen LogP contribution < -0.4 is 10.2 Å². The molecule has 0 radical (unpaired) electrons. The first-order valence-electron chi connectivity index (χ1n) is 7.83. The lowest BCUT2D eigenvalue weighted by molar-refractivity contribution is 0.422. The zero-order valence-electron chi connectivity index (χ0n) is 13.3. The van der Waals surface area contributed by atoms with Crippen LogP contribution in [-0.4, -0.2) is 29.6 Å². The molecule has 2 rings (SSSR count). The molecule has 0 bridgehead atoms. The van der Waals surface area contributed by atoms with E-state index in [-0.39, 0.29) is 0 Å². The minimum atomic E-state index is 0.666. The van der Waals surface area contributed by atoms with Crippen molar-refractivity contribution < 1.29 is 0 Å². The minimum Gasteiger partial charge on any atom is -0.355 e. The minimum absolute atomic E-state index is 0.666. The average Bonchev–Trinajstić information content (AvgIpc) is 2.89. The van der Waals surface area contributed by atoms with E-state index < -0.39 is 0 Å². The van der Waals surface area contributed by atoms with Crippen molar-refractivity contribution in [2.45, 2.75) is 40.7 Å². The average molecular weight is 276 g/mol. The van der Waals surface area contributed by atoms with Gasteiger partial charge in [-0.3, -0.25) is 4.98 Å². The number of hydrogen-bond acceptors (Lipinski definition) is 4. The third-order valence-corrected chi connectivity index (χ3v) is 4.04. The summed E-state index contributed by atoms with van der Waals surface area (Å²) in [5.41, 5.74) is 1.02. The summed E-state index contributed by atoms with van der Waals surface area (Å²) in [4.78, 5) is 11.5. The van der Waals surface area contributed by atoms with E-state index in [1.54, 1.807) is 0 Å². The van der Waals surface area contributed by atoms with Gasteiger partial charge in [-0.15, -0.1) is 0 Å². The summed E-state index contributed by atoms with van der Waals surface area (Å²) in [6.45, 7) is 13.1. The van der Waals surface area contributed by atoms with E-state index in [1.807, 2.05) is 12.4 Å². The Morgan fingerprint density at radius 2 is 2.05 bits per heavy atom. The van der Waals surface area contributed by atoms with Crippen molar-refractivity contribution in [1.82, 2.24) is 15.3 Å². The number of nitrogens with one attached hydrogen (secondary N) is 1. The van der Waals surface area contributed by atoms with E-state index in [0.29, 0.717) is 5.92 Å². The zero-order chi connectivity index (χ0) is 14.5. The molecule has 4 heteroatoms. The van der Waals surface area contributed by atoms with Crippen LogP contribution in [0.1, 0.15) is 39.8 Å². The normalized spacial score (nSPS) is 19.3. The smallest absolute Gasteiger partial charge is 0.147 e. The van der Waals surface area contributed by atoms with E-state index in [9.17, 15) is 0 Å². The molecule has 1 saturated heterocycles. The zero-order valence-corrected chi connectivity index (χ0v) is 13.3. The maximum atomic E-state index is 4.58. The van der Waals surface area contributed by atoms with Crippen LogP contribution >= 0.6 is 0 Å². The molecule has 0 spiro atoms. The highest BCUT2D eigenvalue weighted by molar-refractivity contribution is 5.37. The molecule has 1 N–H and O–H groups in total. The van der Waals surface area contributed by atoms with Crippen LogP contribution in [0.15, 0.2) is 12.4 Å². The fraction of sp³-hybridized carbons (Fsp3) is 0.750. The van der Waals surface area contributed by atoms with Crippen molar-refractivity contribution in [1.29, 1.82) is 0 Å². The van der Waals surface area contributed by atoms with Crippen LogP contribution in [0.4, 0.5) is 5.82 Å². The van der Waals surface area contributed by atoms with E-state index in [2.05, 4.69) is 47.9 Å². The van der Waals surface area contributed by atoms with Gasteiger partial charge in [-0.05, 0) is 30.7 Å². The third kappa shape index (κ3) is 4.17. The fourth-order valence-electron chi connectivity index (χ4n) is 2.63. The highest BCUT2D eigenvalue weighted by Gasteiger charge is 2.25. The van der Waals surface area contributed by atoms with Crippen LogP contribution in [0.5, 0.6) is 0 Å². The summed E-state index contributed by atoms with van der Waals surface area (Å²) >= 11 is 0. The van der Waals surface area contributed by atoms with Crippen molar-refractivity contribution in [2.24, 2.45) is 17.8 Å². The largest absolute Gasteiger partial charge is 0.355 e. The van der Waals surface area contributed by atoms with Gasteiger partial charge in [-0.25, -0.2) is 4.98 Å². The molecule has 2 heterocycles. The van der Waals surface area contributed by atoms with Gasteiger partial charge in [-0.2, -0.15) is 0 Å². The summed E-state index contributed by atoms with van der Waals surface area (Å²) in [5.74, 6) is 3.25. The number of nitrogens with zero attached hydrogens (tertiary/aromatic N) is 3. The molecule has 1 aromatic heterocycles. The Balaban J connectivity index is 1.85. The van der Waals surface area contributed by atoms with Crippen molar-refractivity contribution >= 4 is 5.82 Å². The van der Waals surface area contributed by atoms with Gasteiger partial charge in [0.05, 0.1) is 18.1 Å². The lowest BCUT2D eigenvalue weighted by Gasteiger charge is -2.18. The van der Waals surface area contributed by atoms with Crippen LogP contribution in [0, 0.1) is 17.8 Å². The van der Waals surface area contributed by atoms with E-state index in [4.69, 9.17) is 0 Å². The molecule has 1 aliphatic rings. The van der Waals surface area contributed by atoms with Crippen molar-refractivity contribution in [3.05, 3.63) is 18.1 Å². The topological polar surface area (TPSA) is 41.1 Å². The van der Waals surface area contributed by atoms with Crippen molar-refractivity contribution in [3.63, 3.8) is 0 Å². The molecule has 1 unspecified atom stereocenters. The Kier molecular flexibility index (Phi) is 5.35. The molecule has 0 aliphatic carbocycles. The monoisotopic (exact) mass is 276 g/mol. The number of aromatic nitrogens is 2. The van der Waals surface area contributed by atoms with Gasteiger partial charge >= 0.3 is 0 Å². The molecule has 20 heavy (non-hydrogen) atoms. The first-order valence-corrected chi connectivity index (χ1v) is 7.83. The molecule has 1 aliphatic heterocycles. The van der Waals surface area contributed by atoms with Gasteiger partial charge in [0, 0.05) is 19.6 Å². The van der Waals surface area contributed by atoms with Crippen molar-refractivity contribution in [2.75, 3.05) is 24.5 Å². The number of hydrogen-bond donors (Lipinski definition) is 1. The third-order valence-electron chi connectivity index (χ3n) is 4.04. The van der Waals surface area contributed by atoms with Gasteiger partial charge in [0.15, 0.2) is 0 Å². The Labute approximate surface area is 123 Å². The lowest BCUT2D eigenvalue weighted by atomic mass is 9.95. The Morgan fingerprint density at radius 1 is 1.25 bits per heavy atom. The van der Waals surface area contributed by atoms with Crippen LogP contribution in [0.25, 0.3) is 0 Å². The van der Waals surface area contributed by atoms with Gasteiger partial charge in [0.1, 0.15) is 5.82 Å². The fourth-order valence-corrected chi connectivity index (χ4v) is 2.63. The van der Waals surface area contributed by atoms with E-state index in [1.165, 1.54) is 6.42 Å². The number of anilines is 1. The standard InChI is InChI=1S/C16H28N4/c1-12(2)7-17-8-15-9-19-16(10-18-15)20-6-5-14(11-20)13(3)4/h9-10,12-14,17H,5-8,11H2,1-4H3. The van der Waals surface area contributed by atoms with Gasteiger partial charge in [0.25, 0.3) is 0 Å². The molecular weight excluding hydrogens is 248 g/mol. The summed E-state index contributed by atoms with van der Waals surface area (Å²) in [7, 11) is 0. The summed E-state index contributed by atoms with van der Waals surface area (Å²) in [5, 5.41) is 3.40. The molecule has 0 saturated carbocycles. The van der Waals surface area contributed by atoms with E-state index in [0.717, 1.165) is 49.5 Å². The lowest BCUT2D eigenvalue weighted by Crippen LogP contribution is -2.23. The molecule has 112 valence electrons. The molecular formula is C16H28N4. The van der Waals surface area contributed by atoms with Crippen LogP contribution in [-0.2, 0) is 6.54 Å². The second-order valence-corrected chi connectivity index (χ2v) is 6.63. The molecule has 1 fully saturated rings. The summed E-state index contributed by atoms with van der Waals surface area (Å²) < 4.78 is 0. The van der Waals surface area contributed by atoms with Gasteiger partial charge in [0.2, 0.25) is 0 Å². The number of rotatable bonds is 6. The summed E-state index contributed by atoms with van der Waals surface area (Å²) in [6, 6.07) is 0. The van der Waals surface area contributed by atoms with E-state index >= 15 is 0 Å². The van der Waals surface area contributed by atoms with Gasteiger partial charge < -0.3 is 10.2 Å². The molecule has 0 aromatic carbocycles. The Hall–Kier alpha value is -1.16. The van der Waals surface area contributed by atoms with Crippen LogP contribution in [0.2, 0.25) is 0 Å². The van der Waals surface area contributed by atoms with Gasteiger partial charge in [-0.1, -0.05) is 27.7 Å². The SMILES string of the molecule is CC(C)CNCc1cnc(N2CCC(C(C)C)C2)cn1. The Bertz CT molecular complexity index is 399. The highest BCUT2D eigenvalue weighted by atomic mass is 15.2. The quantitative estimate of drug-likeness (QED) is 0.867. The predicted molar refractivity (Wildman–Crippen MR) is 83.7 cm³/mol. The second-order valence-electron chi connectivity index (χ2n) is 6.63. The maximum Gasteiger partial charge on any atom is 0.147 e.